The molecule has 0 unspecified atom stereocenters. The number of sulfonamides is 1. The Bertz CT molecular complexity index is 533. The summed E-state index contributed by atoms with van der Waals surface area (Å²) < 4.78 is 32.1. The van der Waals surface area contributed by atoms with Crippen LogP contribution in [0.1, 0.15) is 19.8 Å². The van der Waals surface area contributed by atoms with Crippen LogP contribution in [0.4, 0.5) is 0 Å². The Hall–Kier alpha value is -0.630. The first-order valence-corrected chi connectivity index (χ1v) is 8.65. The molecule has 0 aliphatic heterocycles. The van der Waals surface area contributed by atoms with Crippen molar-refractivity contribution in [2.24, 2.45) is 0 Å². The maximum atomic E-state index is 12.5. The molecule has 0 saturated carbocycles. The third-order valence-electron chi connectivity index (χ3n) is 2.87. The second kappa shape index (κ2) is 7.97. The lowest BCUT2D eigenvalue weighted by Crippen LogP contribution is -2.34. The van der Waals surface area contributed by atoms with Gasteiger partial charge in [-0.2, -0.15) is 4.31 Å². The molecule has 0 amide bonds. The van der Waals surface area contributed by atoms with Crippen molar-refractivity contribution in [2.75, 3.05) is 26.8 Å². The van der Waals surface area contributed by atoms with Gasteiger partial charge in [-0.1, -0.05) is 13.3 Å². The van der Waals surface area contributed by atoms with Crippen LogP contribution in [-0.4, -0.2) is 44.6 Å². The number of aliphatic hydroxyl groups excluding tert-OH is 1. The predicted molar refractivity (Wildman–Crippen MR) is 81.4 cm³/mol. The van der Waals surface area contributed by atoms with Gasteiger partial charge in [-0.05, 0) is 40.5 Å². The highest BCUT2D eigenvalue weighted by molar-refractivity contribution is 9.10. The molecule has 0 saturated heterocycles. The Morgan fingerprint density at radius 2 is 2.05 bits per heavy atom. The Labute approximate surface area is 128 Å². The van der Waals surface area contributed by atoms with Crippen LogP contribution < -0.4 is 4.74 Å². The van der Waals surface area contributed by atoms with E-state index >= 15 is 0 Å². The monoisotopic (exact) mass is 365 g/mol. The highest BCUT2D eigenvalue weighted by Gasteiger charge is 2.24. The second-order valence-electron chi connectivity index (χ2n) is 4.28. The van der Waals surface area contributed by atoms with Gasteiger partial charge in [-0.15, -0.1) is 0 Å². The maximum Gasteiger partial charge on any atom is 0.243 e. The van der Waals surface area contributed by atoms with E-state index in [2.05, 4.69) is 15.9 Å². The van der Waals surface area contributed by atoms with Crippen LogP contribution >= 0.6 is 15.9 Å². The number of halogens is 1. The van der Waals surface area contributed by atoms with Crippen molar-refractivity contribution >= 4 is 26.0 Å². The molecule has 0 fully saturated rings. The van der Waals surface area contributed by atoms with Gasteiger partial charge in [0.2, 0.25) is 10.0 Å². The van der Waals surface area contributed by atoms with Crippen molar-refractivity contribution in [2.45, 2.75) is 24.7 Å². The maximum absolute atomic E-state index is 12.5. The normalized spacial score (nSPS) is 11.8. The van der Waals surface area contributed by atoms with Gasteiger partial charge < -0.3 is 9.84 Å². The van der Waals surface area contributed by atoms with Crippen molar-refractivity contribution in [3.63, 3.8) is 0 Å². The van der Waals surface area contributed by atoms with E-state index in [0.717, 1.165) is 12.8 Å². The Morgan fingerprint density at radius 3 is 2.55 bits per heavy atom. The quantitative estimate of drug-likeness (QED) is 0.766. The number of benzene rings is 1. The SMILES string of the molecule is CCCCN(CCO)S(=O)(=O)c1ccc(OC)c(Br)c1. The third-order valence-corrected chi connectivity index (χ3v) is 5.39. The summed E-state index contributed by atoms with van der Waals surface area (Å²) in [5.74, 6) is 0.575. The van der Waals surface area contributed by atoms with Crippen LogP contribution in [0.25, 0.3) is 0 Å². The largest absolute Gasteiger partial charge is 0.496 e. The minimum atomic E-state index is -3.60. The molecule has 1 N–H and O–H groups in total. The Balaban J connectivity index is 3.08. The highest BCUT2D eigenvalue weighted by atomic mass is 79.9. The third kappa shape index (κ3) is 4.18. The lowest BCUT2D eigenvalue weighted by molar-refractivity contribution is 0.252. The minimum Gasteiger partial charge on any atom is -0.496 e. The molecule has 0 atom stereocenters. The molecule has 1 aromatic carbocycles. The van der Waals surface area contributed by atoms with Gasteiger partial charge in [0.15, 0.2) is 0 Å². The average Bonchev–Trinajstić information content (AvgIpc) is 2.43. The number of nitrogens with zero attached hydrogens (tertiary/aromatic N) is 1. The smallest absolute Gasteiger partial charge is 0.243 e. The molecule has 1 rings (SSSR count). The molecule has 0 aliphatic rings. The van der Waals surface area contributed by atoms with Crippen molar-refractivity contribution in [3.8, 4) is 5.75 Å². The number of hydrogen-bond donors (Lipinski definition) is 1. The van der Waals surface area contributed by atoms with Crippen molar-refractivity contribution in [1.82, 2.24) is 4.31 Å². The average molecular weight is 366 g/mol. The first kappa shape index (κ1) is 17.4. The summed E-state index contributed by atoms with van der Waals surface area (Å²) in [4.78, 5) is 0.190. The fraction of sp³-hybridized carbons (Fsp3) is 0.538. The summed E-state index contributed by atoms with van der Waals surface area (Å²) in [6.07, 6.45) is 1.65. The van der Waals surface area contributed by atoms with Gasteiger partial charge in [0.25, 0.3) is 0 Å². The van der Waals surface area contributed by atoms with Gasteiger partial charge >= 0.3 is 0 Å². The van der Waals surface area contributed by atoms with Gasteiger partial charge in [0.05, 0.1) is 23.1 Å². The summed E-state index contributed by atoms with van der Waals surface area (Å²) in [6, 6.07) is 4.63. The molecule has 20 heavy (non-hydrogen) atoms. The Kier molecular flexibility index (Phi) is 6.94. The highest BCUT2D eigenvalue weighted by Crippen LogP contribution is 2.28. The standard InChI is InChI=1S/C13H20BrNO4S/c1-3-4-7-15(8-9-16)20(17,18)11-5-6-13(19-2)12(14)10-11/h5-6,10,16H,3-4,7-9H2,1-2H3. The van der Waals surface area contributed by atoms with E-state index < -0.39 is 10.0 Å². The zero-order chi connectivity index (χ0) is 15.2. The molecule has 7 heteroatoms. The molecule has 0 aliphatic carbocycles. The van der Waals surface area contributed by atoms with Crippen molar-refractivity contribution < 1.29 is 18.3 Å². The van der Waals surface area contributed by atoms with E-state index in [-0.39, 0.29) is 18.0 Å². The molecular weight excluding hydrogens is 346 g/mol. The van der Waals surface area contributed by atoms with Crippen LogP contribution in [0.5, 0.6) is 5.75 Å². The van der Waals surface area contributed by atoms with E-state index in [9.17, 15) is 8.42 Å². The van der Waals surface area contributed by atoms with Crippen LogP contribution in [0.2, 0.25) is 0 Å². The molecule has 0 spiro atoms. The number of unbranched alkanes of at least 4 members (excludes halogenated alkanes) is 1. The van der Waals surface area contributed by atoms with Crippen molar-refractivity contribution in [3.05, 3.63) is 22.7 Å². The topological polar surface area (TPSA) is 66.8 Å². The van der Waals surface area contributed by atoms with E-state index in [0.29, 0.717) is 16.8 Å². The molecule has 0 aromatic heterocycles. The van der Waals surface area contributed by atoms with Crippen LogP contribution in [0.3, 0.4) is 0 Å². The molecular formula is C13H20BrNO4S. The molecule has 1 aromatic rings. The van der Waals surface area contributed by atoms with Gasteiger partial charge in [0, 0.05) is 13.1 Å². The Morgan fingerprint density at radius 1 is 1.35 bits per heavy atom. The molecule has 0 heterocycles. The fourth-order valence-corrected chi connectivity index (χ4v) is 3.94. The summed E-state index contributed by atoms with van der Waals surface area (Å²) in [5.41, 5.74) is 0. The molecule has 0 radical (unpaired) electrons. The van der Waals surface area contributed by atoms with E-state index in [1.54, 1.807) is 6.07 Å². The molecule has 114 valence electrons. The first-order chi connectivity index (χ1) is 9.47. The number of rotatable bonds is 8. The van der Waals surface area contributed by atoms with E-state index in [1.807, 2.05) is 6.92 Å². The minimum absolute atomic E-state index is 0.103. The zero-order valence-electron chi connectivity index (χ0n) is 11.7. The first-order valence-electron chi connectivity index (χ1n) is 6.42. The summed E-state index contributed by atoms with van der Waals surface area (Å²) >= 11 is 3.28. The summed E-state index contributed by atoms with van der Waals surface area (Å²) in [5, 5.41) is 9.05. The van der Waals surface area contributed by atoms with Crippen molar-refractivity contribution in [1.29, 1.82) is 0 Å². The summed E-state index contributed by atoms with van der Waals surface area (Å²) in [7, 11) is -2.07. The number of aliphatic hydroxyl groups is 1. The number of hydrogen-bond acceptors (Lipinski definition) is 4. The van der Waals surface area contributed by atoms with Crippen LogP contribution in [0, 0.1) is 0 Å². The molecule has 0 bridgehead atoms. The van der Waals surface area contributed by atoms with Gasteiger partial charge in [-0.25, -0.2) is 8.42 Å². The van der Waals surface area contributed by atoms with Gasteiger partial charge in [0.1, 0.15) is 5.75 Å². The van der Waals surface area contributed by atoms with E-state index in [1.165, 1.54) is 23.5 Å². The lowest BCUT2D eigenvalue weighted by Gasteiger charge is -2.21. The number of methoxy groups -OCH3 is 1. The van der Waals surface area contributed by atoms with Crippen LogP contribution in [0.15, 0.2) is 27.6 Å². The zero-order valence-corrected chi connectivity index (χ0v) is 14.1. The van der Waals surface area contributed by atoms with E-state index in [4.69, 9.17) is 9.84 Å². The summed E-state index contributed by atoms with van der Waals surface area (Å²) in [6.45, 7) is 2.31. The molecule has 5 nitrogen and oxygen atoms in total. The number of ether oxygens (including phenoxy) is 1. The predicted octanol–water partition coefficient (Wildman–Crippen LogP) is 2.24. The van der Waals surface area contributed by atoms with Gasteiger partial charge in [-0.3, -0.25) is 0 Å². The second-order valence-corrected chi connectivity index (χ2v) is 7.07. The lowest BCUT2D eigenvalue weighted by atomic mass is 10.3. The fourth-order valence-electron chi connectivity index (χ4n) is 1.75. The van der Waals surface area contributed by atoms with Crippen LogP contribution in [-0.2, 0) is 10.0 Å².